The molecule has 18 heteroatoms. The third kappa shape index (κ3) is 13.0. The van der Waals surface area contributed by atoms with E-state index in [1.54, 1.807) is 13.8 Å². The van der Waals surface area contributed by atoms with Gasteiger partial charge in [-0.15, -0.1) is 0 Å². The highest BCUT2D eigenvalue weighted by Gasteiger charge is 2.56. The van der Waals surface area contributed by atoms with E-state index in [0.29, 0.717) is 25.8 Å². The number of nitrogens with zero attached hydrogens (tertiary/aromatic N) is 1. The Morgan fingerprint density at radius 2 is 1.65 bits per heavy atom. The van der Waals surface area contributed by atoms with Crippen molar-refractivity contribution in [2.75, 3.05) is 13.2 Å². The van der Waals surface area contributed by atoms with Crippen molar-refractivity contribution in [1.29, 1.82) is 0 Å². The van der Waals surface area contributed by atoms with Crippen LogP contribution in [0.15, 0.2) is 33.7 Å². The summed E-state index contributed by atoms with van der Waals surface area (Å²) in [5.74, 6) is -5.35. The number of carbonyl (C=O) groups excluding carboxylic acids is 4. The Morgan fingerprint density at radius 3 is 2.28 bits per heavy atom. The van der Waals surface area contributed by atoms with Gasteiger partial charge in [0.25, 0.3) is 11.5 Å². The highest BCUT2D eigenvalue weighted by molar-refractivity contribution is 5.95. The van der Waals surface area contributed by atoms with Gasteiger partial charge >= 0.3 is 11.7 Å². The van der Waals surface area contributed by atoms with Crippen molar-refractivity contribution in [2.24, 2.45) is 11.7 Å². The number of aliphatic hydroxyl groups is 1. The number of aliphatic hydroxyl groups excluding tert-OH is 1. The Morgan fingerprint density at radius 1 is 0.983 bits per heavy atom. The molecular formula is C42H65N5O13. The van der Waals surface area contributed by atoms with Crippen molar-refractivity contribution >= 4 is 23.7 Å². The summed E-state index contributed by atoms with van der Waals surface area (Å²) in [4.78, 5) is 79.9. The van der Waals surface area contributed by atoms with Crippen LogP contribution in [0.1, 0.15) is 136 Å². The van der Waals surface area contributed by atoms with Crippen LogP contribution in [0.4, 0.5) is 0 Å². The number of aromatic amines is 1. The summed E-state index contributed by atoms with van der Waals surface area (Å²) in [6, 6.07) is 0.264. The van der Waals surface area contributed by atoms with Crippen molar-refractivity contribution in [3.05, 3.63) is 44.9 Å². The van der Waals surface area contributed by atoms with Gasteiger partial charge in [-0.1, -0.05) is 84.0 Å². The molecule has 3 fully saturated rings. The molecule has 3 saturated heterocycles. The SMILES string of the molecule is CCCCCCCCCCCCCCCC(=O)O[C@@H]1[C@H](CO)[C@@H]([C@@H](O[C@H]2OC(C(=O)N[C@H]3CCCCNC3=O)=C[C@@H]3OC(C)(C)O[C@H]23)C(N)=O)O[C@H]1n1ccc(=O)[nH]c1=O. The summed E-state index contributed by atoms with van der Waals surface area (Å²) >= 11 is 0. The zero-order valence-electron chi connectivity index (χ0n) is 35.2. The Bertz CT molecular complexity index is 1750. The minimum Gasteiger partial charge on any atom is -0.457 e. The molecule has 9 atom stereocenters. The number of carbonyl (C=O) groups is 4. The number of esters is 1. The first kappa shape index (κ1) is 47.0. The number of ether oxygens (including phenoxy) is 6. The molecule has 1 aromatic heterocycles. The molecule has 3 amide bonds. The van der Waals surface area contributed by atoms with Crippen LogP contribution in [-0.4, -0.2) is 100 Å². The van der Waals surface area contributed by atoms with Gasteiger partial charge in [-0.05, 0) is 45.6 Å². The van der Waals surface area contributed by atoms with Gasteiger partial charge in [0, 0.05) is 25.2 Å². The number of hydrogen-bond acceptors (Lipinski definition) is 13. The Balaban J connectivity index is 1.26. The van der Waals surface area contributed by atoms with Gasteiger partial charge in [-0.3, -0.25) is 33.5 Å². The summed E-state index contributed by atoms with van der Waals surface area (Å²) in [5, 5.41) is 16.2. The highest BCUT2D eigenvalue weighted by atomic mass is 16.8. The lowest BCUT2D eigenvalue weighted by Crippen LogP contribution is -2.53. The fourth-order valence-electron chi connectivity index (χ4n) is 8.27. The zero-order chi connectivity index (χ0) is 43.2. The fourth-order valence-corrected chi connectivity index (χ4v) is 8.27. The molecule has 0 saturated carbocycles. The summed E-state index contributed by atoms with van der Waals surface area (Å²) in [6.07, 6.45) is 9.86. The van der Waals surface area contributed by atoms with E-state index in [2.05, 4.69) is 22.5 Å². The Hall–Kier alpha value is -4.10. The van der Waals surface area contributed by atoms with Crippen molar-refractivity contribution in [3.8, 4) is 0 Å². The number of nitrogens with one attached hydrogen (secondary N) is 3. The summed E-state index contributed by atoms with van der Waals surface area (Å²) in [5.41, 5.74) is 4.34. The van der Waals surface area contributed by atoms with E-state index in [1.807, 2.05) is 0 Å². The van der Waals surface area contributed by atoms with E-state index in [1.165, 1.54) is 57.4 Å². The first-order valence-corrected chi connectivity index (χ1v) is 21.9. The lowest BCUT2D eigenvalue weighted by Gasteiger charge is -2.35. The second-order valence-electron chi connectivity index (χ2n) is 16.7. The maximum Gasteiger partial charge on any atom is 0.330 e. The lowest BCUT2D eigenvalue weighted by atomic mass is 9.94. The van der Waals surface area contributed by atoms with Crippen LogP contribution in [0.2, 0.25) is 0 Å². The molecule has 18 nitrogen and oxygen atoms in total. The van der Waals surface area contributed by atoms with E-state index in [9.17, 15) is 33.9 Å². The molecule has 5 rings (SSSR count). The maximum absolute atomic E-state index is 13.5. The number of unbranched alkanes of at least 4 members (excludes halogenated alkanes) is 12. The first-order chi connectivity index (χ1) is 28.8. The second kappa shape index (κ2) is 22.7. The van der Waals surface area contributed by atoms with Gasteiger partial charge < -0.3 is 49.9 Å². The fraction of sp³-hybridized carbons (Fsp3) is 0.762. The molecule has 0 unspecified atom stereocenters. The van der Waals surface area contributed by atoms with Crippen LogP contribution in [0.3, 0.4) is 0 Å². The molecule has 6 N–H and O–H groups in total. The molecule has 4 aliphatic heterocycles. The van der Waals surface area contributed by atoms with E-state index in [4.69, 9.17) is 34.2 Å². The minimum absolute atomic E-state index is 0.0614. The van der Waals surface area contributed by atoms with Crippen LogP contribution < -0.4 is 27.6 Å². The molecule has 4 aliphatic rings. The smallest absolute Gasteiger partial charge is 0.330 e. The zero-order valence-corrected chi connectivity index (χ0v) is 35.2. The first-order valence-electron chi connectivity index (χ1n) is 21.9. The van der Waals surface area contributed by atoms with Crippen LogP contribution in [0.5, 0.6) is 0 Å². The molecule has 0 bridgehead atoms. The number of aromatic nitrogens is 2. The van der Waals surface area contributed by atoms with Crippen molar-refractivity contribution < 1.29 is 52.7 Å². The number of rotatable bonds is 23. The molecule has 0 aliphatic carbocycles. The van der Waals surface area contributed by atoms with E-state index >= 15 is 0 Å². The van der Waals surface area contributed by atoms with Crippen LogP contribution in [-0.2, 0) is 47.6 Å². The molecular weight excluding hydrogens is 782 g/mol. The minimum atomic E-state index is -1.74. The molecule has 336 valence electrons. The number of nitrogens with two attached hydrogens (primary N) is 1. The topological polar surface area (TPSA) is 249 Å². The third-order valence-corrected chi connectivity index (χ3v) is 11.4. The second-order valence-corrected chi connectivity index (χ2v) is 16.7. The molecule has 5 heterocycles. The average Bonchev–Trinajstić information content (AvgIpc) is 3.63. The molecule has 60 heavy (non-hydrogen) atoms. The molecule has 0 aromatic carbocycles. The summed E-state index contributed by atoms with van der Waals surface area (Å²) in [6.45, 7) is 5.29. The Labute approximate surface area is 350 Å². The van der Waals surface area contributed by atoms with Gasteiger partial charge in [-0.2, -0.15) is 0 Å². The van der Waals surface area contributed by atoms with E-state index < -0.39 is 96.4 Å². The standard InChI is InChI=1S/C42H65N5O13/c1-4-5-6-7-8-9-10-11-12-13-14-15-16-20-31(50)56-33-26(25-48)32(57-39(33)47-23-21-30(49)46-41(47)54)35(36(43)51)58-40-34-28(59-42(2,3)60-34)24-29(55-40)38(53)45-27-19-17-18-22-44-37(27)52/h21,23-24,26-28,32-35,39-40,48H,4-20,22,25H2,1-3H3,(H2,43,51)(H,44,52)(H,45,53)(H,46,49,54)/t26-,27+,28+,32+,33-,34+,35-,39-,40-/m1/s1. The average molecular weight is 848 g/mol. The lowest BCUT2D eigenvalue weighted by molar-refractivity contribution is -0.239. The van der Waals surface area contributed by atoms with Crippen LogP contribution in [0, 0.1) is 5.92 Å². The monoisotopic (exact) mass is 847 g/mol. The number of hydrogen-bond donors (Lipinski definition) is 5. The van der Waals surface area contributed by atoms with Crippen molar-refractivity contribution in [2.45, 2.75) is 185 Å². The number of primary amides is 1. The van der Waals surface area contributed by atoms with Crippen LogP contribution in [0.25, 0.3) is 0 Å². The van der Waals surface area contributed by atoms with Gasteiger partial charge in [0.1, 0.15) is 18.2 Å². The molecule has 0 spiro atoms. The Kier molecular flexibility index (Phi) is 17.7. The number of amides is 3. The third-order valence-electron chi connectivity index (χ3n) is 11.4. The van der Waals surface area contributed by atoms with Crippen molar-refractivity contribution in [3.63, 3.8) is 0 Å². The molecule has 0 radical (unpaired) electrons. The van der Waals surface area contributed by atoms with Gasteiger partial charge in [0.15, 0.2) is 36.1 Å². The van der Waals surface area contributed by atoms with Gasteiger partial charge in [0.05, 0.1) is 12.5 Å². The predicted octanol–water partition coefficient (Wildman–Crippen LogP) is 2.85. The summed E-state index contributed by atoms with van der Waals surface area (Å²) < 4.78 is 37.4. The van der Waals surface area contributed by atoms with E-state index in [0.717, 1.165) is 48.9 Å². The van der Waals surface area contributed by atoms with Gasteiger partial charge in [0.2, 0.25) is 18.1 Å². The largest absolute Gasteiger partial charge is 0.457 e. The molecule has 1 aromatic rings. The number of H-pyrrole nitrogens is 1. The van der Waals surface area contributed by atoms with Crippen molar-refractivity contribution in [1.82, 2.24) is 20.2 Å². The van der Waals surface area contributed by atoms with Gasteiger partial charge in [-0.25, -0.2) is 4.79 Å². The van der Waals surface area contributed by atoms with Crippen LogP contribution >= 0.6 is 0 Å². The summed E-state index contributed by atoms with van der Waals surface area (Å²) in [7, 11) is 0. The van der Waals surface area contributed by atoms with E-state index in [-0.39, 0.29) is 18.1 Å². The highest BCUT2D eigenvalue weighted by Crippen LogP contribution is 2.41. The predicted molar refractivity (Wildman–Crippen MR) is 216 cm³/mol. The number of fused-ring (bicyclic) bond motifs is 1. The quantitative estimate of drug-likeness (QED) is 0.0787. The maximum atomic E-state index is 13.5. The normalized spacial score (nSPS) is 27.8.